The van der Waals surface area contributed by atoms with Gasteiger partial charge in [-0.1, -0.05) is 65.8 Å². The second-order valence-corrected chi connectivity index (χ2v) is 11.2. The van der Waals surface area contributed by atoms with E-state index in [-0.39, 0.29) is 30.8 Å². The number of carbonyl (C=O) groups is 3. The number of ether oxygens (including phenoxy) is 2. The lowest BCUT2D eigenvalue weighted by Gasteiger charge is -2.37. The Morgan fingerprint density at radius 3 is 2.46 bits per heavy atom. The van der Waals surface area contributed by atoms with Crippen LogP contribution in [-0.2, 0) is 23.9 Å². The number of fused-ring (bicyclic) bond motifs is 1. The van der Waals surface area contributed by atoms with E-state index in [2.05, 4.69) is 0 Å². The number of amidine groups is 1. The maximum atomic E-state index is 13.6. The molecular formula is C31H32ClN3O5S. The van der Waals surface area contributed by atoms with Crippen molar-refractivity contribution >= 4 is 52.1 Å². The lowest BCUT2D eigenvalue weighted by Crippen LogP contribution is -2.44. The third kappa shape index (κ3) is 6.21. The molecule has 10 heteroatoms. The molecule has 0 radical (unpaired) electrons. The van der Waals surface area contributed by atoms with Crippen LogP contribution in [0.25, 0.3) is 5.70 Å². The molecule has 1 fully saturated rings. The second-order valence-electron chi connectivity index (χ2n) is 9.90. The Morgan fingerprint density at radius 2 is 1.76 bits per heavy atom. The molecule has 2 atom stereocenters. The molecule has 1 amide bonds. The topological polar surface area (TPSA) is 88.5 Å². The van der Waals surface area contributed by atoms with Gasteiger partial charge >= 0.3 is 11.9 Å². The van der Waals surface area contributed by atoms with Crippen LogP contribution in [0, 0.1) is 5.92 Å². The van der Waals surface area contributed by atoms with E-state index in [0.717, 1.165) is 23.2 Å². The van der Waals surface area contributed by atoms with Crippen LogP contribution in [-0.4, -0.2) is 59.1 Å². The number of likely N-dealkylation sites (tertiary alicyclic amines) is 1. The van der Waals surface area contributed by atoms with Gasteiger partial charge in [-0.3, -0.25) is 9.59 Å². The van der Waals surface area contributed by atoms with Gasteiger partial charge in [0.15, 0.2) is 5.17 Å². The summed E-state index contributed by atoms with van der Waals surface area (Å²) in [4.78, 5) is 48.2. The van der Waals surface area contributed by atoms with E-state index >= 15 is 0 Å². The minimum Gasteiger partial charge on any atom is -0.466 e. The van der Waals surface area contributed by atoms with Gasteiger partial charge in [-0.05, 0) is 49.8 Å². The van der Waals surface area contributed by atoms with E-state index in [1.165, 1.54) is 11.8 Å². The maximum absolute atomic E-state index is 13.6. The minimum atomic E-state index is -0.586. The summed E-state index contributed by atoms with van der Waals surface area (Å²) in [6.07, 6.45) is 1.55. The van der Waals surface area contributed by atoms with Crippen LogP contribution in [0.3, 0.4) is 0 Å². The van der Waals surface area contributed by atoms with Crippen molar-refractivity contribution in [1.82, 2.24) is 9.80 Å². The normalized spacial score (nSPS) is 20.3. The molecule has 41 heavy (non-hydrogen) atoms. The molecule has 5 rings (SSSR count). The van der Waals surface area contributed by atoms with E-state index in [1.54, 1.807) is 30.9 Å². The van der Waals surface area contributed by atoms with Gasteiger partial charge in [0.1, 0.15) is 0 Å². The Hall–Kier alpha value is -3.56. The summed E-state index contributed by atoms with van der Waals surface area (Å²) >= 11 is 7.65. The van der Waals surface area contributed by atoms with Crippen molar-refractivity contribution < 1.29 is 23.9 Å². The molecule has 0 unspecified atom stereocenters. The summed E-state index contributed by atoms with van der Waals surface area (Å²) < 4.78 is 10.8. The first-order valence-electron chi connectivity index (χ1n) is 13.8. The molecule has 3 aliphatic rings. The summed E-state index contributed by atoms with van der Waals surface area (Å²) in [6.45, 7) is 5.01. The average molecular weight is 594 g/mol. The van der Waals surface area contributed by atoms with E-state index in [9.17, 15) is 14.4 Å². The van der Waals surface area contributed by atoms with Gasteiger partial charge in [-0.15, -0.1) is 0 Å². The largest absolute Gasteiger partial charge is 0.466 e. The molecule has 0 aromatic heterocycles. The number of rotatable bonds is 8. The molecule has 2 aromatic carbocycles. The van der Waals surface area contributed by atoms with E-state index in [0.29, 0.717) is 47.6 Å². The van der Waals surface area contributed by atoms with Crippen LogP contribution >= 0.6 is 23.4 Å². The molecular weight excluding hydrogens is 562 g/mol. The van der Waals surface area contributed by atoms with Crippen molar-refractivity contribution in [2.75, 3.05) is 26.3 Å². The number of piperidine rings is 1. The number of hydrogen-bond acceptors (Lipinski definition) is 8. The van der Waals surface area contributed by atoms with Crippen LogP contribution in [0.1, 0.15) is 50.3 Å². The smallest absolute Gasteiger partial charge is 0.338 e. The quantitative estimate of drug-likeness (QED) is 0.357. The van der Waals surface area contributed by atoms with Gasteiger partial charge in [0, 0.05) is 29.4 Å². The minimum absolute atomic E-state index is 0.0857. The highest BCUT2D eigenvalue weighted by Crippen LogP contribution is 2.47. The lowest BCUT2D eigenvalue weighted by molar-refractivity contribution is -0.151. The number of hydrogen-bond donors (Lipinski definition) is 0. The second kappa shape index (κ2) is 13.0. The molecule has 0 spiro atoms. The molecule has 1 saturated heterocycles. The number of thioether (sulfide) groups is 1. The summed E-state index contributed by atoms with van der Waals surface area (Å²) in [6, 6.07) is 16.3. The summed E-state index contributed by atoms with van der Waals surface area (Å²) in [5, 5.41) is 3.16. The van der Waals surface area contributed by atoms with Gasteiger partial charge in [0.25, 0.3) is 0 Å². The Labute approximate surface area is 249 Å². The third-order valence-electron chi connectivity index (χ3n) is 7.26. The van der Waals surface area contributed by atoms with Crippen LogP contribution in [0.5, 0.6) is 0 Å². The number of halogens is 1. The number of amides is 1. The van der Waals surface area contributed by atoms with Crippen molar-refractivity contribution in [2.45, 2.75) is 39.2 Å². The number of benzene rings is 2. The van der Waals surface area contributed by atoms with Gasteiger partial charge in [-0.25, -0.2) is 9.79 Å². The molecule has 2 aromatic rings. The standard InChI is InChI=1S/C31H32ClN3O5S/c1-3-39-29(37)22-11-8-16-34(18-22)25(36)17-24-19-41-31-33-27(20-9-6-5-7-10-20)26(30(38)40-4-2)28(35(24)31)21-12-14-23(32)15-13-21/h5-7,9-10,12-15,19,22,28H,3-4,8,11,16-18H2,1-2H3/t22-,28-/m0/s1. The predicted octanol–water partition coefficient (Wildman–Crippen LogP) is 5.81. The molecule has 0 aliphatic carbocycles. The zero-order valence-corrected chi connectivity index (χ0v) is 24.6. The third-order valence-corrected chi connectivity index (χ3v) is 8.41. The summed E-state index contributed by atoms with van der Waals surface area (Å²) in [5.41, 5.74) is 3.28. The molecule has 0 saturated carbocycles. The SMILES string of the molecule is CCOC(=O)C1=C(c2ccccc2)N=C2SC=C(CC(=O)N3CCC[C@H](C(=O)OCC)C3)N2[C@H]1c1ccc(Cl)cc1. The fourth-order valence-electron chi connectivity index (χ4n) is 5.37. The molecule has 0 N–H and O–H groups in total. The Kier molecular flexibility index (Phi) is 9.15. The van der Waals surface area contributed by atoms with Crippen molar-refractivity contribution in [3.8, 4) is 0 Å². The van der Waals surface area contributed by atoms with Gasteiger partial charge in [0.05, 0.1) is 42.9 Å². The highest BCUT2D eigenvalue weighted by Gasteiger charge is 2.43. The molecule has 8 nitrogen and oxygen atoms in total. The summed E-state index contributed by atoms with van der Waals surface area (Å²) in [5.74, 6) is -1.13. The Bertz CT molecular complexity index is 1410. The first-order chi connectivity index (χ1) is 19.9. The van der Waals surface area contributed by atoms with Gasteiger partial charge in [0.2, 0.25) is 5.91 Å². The zero-order chi connectivity index (χ0) is 28.9. The highest BCUT2D eigenvalue weighted by molar-refractivity contribution is 8.16. The Morgan fingerprint density at radius 1 is 1.02 bits per heavy atom. The molecule has 0 bridgehead atoms. The first-order valence-corrected chi connectivity index (χ1v) is 15.1. The van der Waals surface area contributed by atoms with E-state index in [1.807, 2.05) is 52.8 Å². The summed E-state index contributed by atoms with van der Waals surface area (Å²) in [7, 11) is 0. The van der Waals surface area contributed by atoms with E-state index < -0.39 is 12.0 Å². The fraction of sp³-hybridized carbons (Fsp3) is 0.355. The molecule has 3 aliphatic heterocycles. The highest BCUT2D eigenvalue weighted by atomic mass is 35.5. The molecule has 3 heterocycles. The monoisotopic (exact) mass is 593 g/mol. The first kappa shape index (κ1) is 29.0. The average Bonchev–Trinajstić information content (AvgIpc) is 3.39. The van der Waals surface area contributed by atoms with Gasteiger partial charge in [-0.2, -0.15) is 0 Å². The maximum Gasteiger partial charge on any atom is 0.338 e. The van der Waals surface area contributed by atoms with Crippen LogP contribution in [0.2, 0.25) is 5.02 Å². The fourth-order valence-corrected chi connectivity index (χ4v) is 6.42. The zero-order valence-electron chi connectivity index (χ0n) is 23.0. The van der Waals surface area contributed by atoms with Gasteiger partial charge < -0.3 is 19.3 Å². The van der Waals surface area contributed by atoms with Crippen LogP contribution < -0.4 is 0 Å². The van der Waals surface area contributed by atoms with E-state index in [4.69, 9.17) is 26.1 Å². The lowest BCUT2D eigenvalue weighted by atomic mass is 9.91. The number of esters is 2. The predicted molar refractivity (Wildman–Crippen MR) is 160 cm³/mol. The Balaban J connectivity index is 1.50. The van der Waals surface area contributed by atoms with Crippen LogP contribution in [0.4, 0.5) is 0 Å². The number of nitrogens with zero attached hydrogens (tertiary/aromatic N) is 3. The van der Waals surface area contributed by atoms with Crippen molar-refractivity contribution in [3.05, 3.63) is 87.4 Å². The number of carbonyl (C=O) groups excluding carboxylic acids is 3. The van der Waals surface area contributed by atoms with Crippen molar-refractivity contribution in [1.29, 1.82) is 0 Å². The number of aliphatic imine (C=N–C) groups is 1. The van der Waals surface area contributed by atoms with Crippen LogP contribution in [0.15, 0.2) is 76.3 Å². The molecule has 214 valence electrons. The van der Waals surface area contributed by atoms with Crippen molar-refractivity contribution in [3.63, 3.8) is 0 Å². The van der Waals surface area contributed by atoms with Crippen molar-refractivity contribution in [2.24, 2.45) is 10.9 Å².